The van der Waals surface area contributed by atoms with Crippen molar-refractivity contribution in [3.63, 3.8) is 0 Å². The number of amides is 1. The van der Waals surface area contributed by atoms with Gasteiger partial charge >= 0.3 is 0 Å². The van der Waals surface area contributed by atoms with Crippen LogP contribution in [0.3, 0.4) is 0 Å². The highest BCUT2D eigenvalue weighted by atomic mass is 16.1. The summed E-state index contributed by atoms with van der Waals surface area (Å²) in [5, 5.41) is 3.04. The van der Waals surface area contributed by atoms with E-state index in [1.165, 1.54) is 6.33 Å². The summed E-state index contributed by atoms with van der Waals surface area (Å²) in [5.41, 5.74) is 11.7. The van der Waals surface area contributed by atoms with Crippen molar-refractivity contribution in [3.8, 4) is 0 Å². The Hall–Kier alpha value is -1.85. The van der Waals surface area contributed by atoms with Gasteiger partial charge in [-0.15, -0.1) is 0 Å². The van der Waals surface area contributed by atoms with E-state index >= 15 is 0 Å². The third-order valence-corrected chi connectivity index (χ3v) is 2.14. The number of anilines is 2. The van der Waals surface area contributed by atoms with Crippen LogP contribution < -0.4 is 16.8 Å². The number of hydrogen-bond acceptors (Lipinski definition) is 5. The number of carbonyl (C=O) groups excluding carboxylic acids is 1. The maximum Gasteiger partial charge on any atom is 0.219 e. The van der Waals surface area contributed by atoms with Crippen molar-refractivity contribution in [2.75, 3.05) is 17.6 Å². The van der Waals surface area contributed by atoms with Gasteiger partial charge in [-0.1, -0.05) is 13.3 Å². The first-order valence-electron chi connectivity index (χ1n) is 5.26. The van der Waals surface area contributed by atoms with Crippen LogP contribution in [0.4, 0.5) is 11.6 Å². The predicted molar refractivity (Wildman–Crippen MR) is 62.7 cm³/mol. The Morgan fingerprint density at radius 1 is 1.50 bits per heavy atom. The lowest BCUT2D eigenvalue weighted by Crippen LogP contribution is -2.17. The monoisotopic (exact) mass is 223 g/mol. The zero-order valence-electron chi connectivity index (χ0n) is 9.36. The smallest absolute Gasteiger partial charge is 0.219 e. The standard InChI is InChI=1S/C10H17N5O/c1-2-3-7-9(12)14-6-15-10(7)13-5-4-8(11)16/h6H,2-5H2,1H3,(H2,11,16)(H3,12,13,14,15). The van der Waals surface area contributed by atoms with Crippen molar-refractivity contribution in [1.29, 1.82) is 0 Å². The zero-order valence-corrected chi connectivity index (χ0v) is 9.36. The Balaban J connectivity index is 2.70. The fourth-order valence-corrected chi connectivity index (χ4v) is 1.38. The molecule has 6 heteroatoms. The Bertz CT molecular complexity index is 366. The lowest BCUT2D eigenvalue weighted by atomic mass is 10.1. The first kappa shape index (κ1) is 12.2. The molecule has 0 spiro atoms. The summed E-state index contributed by atoms with van der Waals surface area (Å²) in [5.74, 6) is 0.834. The molecule has 0 aliphatic heterocycles. The molecule has 0 aliphatic rings. The molecular formula is C10H17N5O. The molecule has 0 atom stereocenters. The molecule has 88 valence electrons. The van der Waals surface area contributed by atoms with Gasteiger partial charge in [-0.25, -0.2) is 9.97 Å². The van der Waals surface area contributed by atoms with Crippen LogP contribution in [0.5, 0.6) is 0 Å². The summed E-state index contributed by atoms with van der Waals surface area (Å²) in [6.07, 6.45) is 3.45. The fraction of sp³-hybridized carbons (Fsp3) is 0.500. The fourth-order valence-electron chi connectivity index (χ4n) is 1.38. The molecule has 0 saturated carbocycles. The molecule has 0 radical (unpaired) electrons. The van der Waals surface area contributed by atoms with Crippen molar-refractivity contribution in [2.24, 2.45) is 5.73 Å². The SMILES string of the molecule is CCCc1c(N)ncnc1NCCC(N)=O. The number of nitrogens with two attached hydrogens (primary N) is 2. The molecule has 16 heavy (non-hydrogen) atoms. The third-order valence-electron chi connectivity index (χ3n) is 2.14. The molecule has 0 unspecified atom stereocenters. The lowest BCUT2D eigenvalue weighted by molar-refractivity contribution is -0.117. The summed E-state index contributed by atoms with van der Waals surface area (Å²) in [4.78, 5) is 18.6. The Morgan fingerprint density at radius 3 is 2.88 bits per heavy atom. The molecule has 0 bridgehead atoms. The van der Waals surface area contributed by atoms with Crippen molar-refractivity contribution in [1.82, 2.24) is 9.97 Å². The summed E-state index contributed by atoms with van der Waals surface area (Å²) in [7, 11) is 0. The Kier molecular flexibility index (Phi) is 4.50. The van der Waals surface area contributed by atoms with E-state index in [1.807, 2.05) is 0 Å². The summed E-state index contributed by atoms with van der Waals surface area (Å²) in [6, 6.07) is 0. The topological polar surface area (TPSA) is 107 Å². The minimum Gasteiger partial charge on any atom is -0.383 e. The quantitative estimate of drug-likeness (QED) is 0.643. The van der Waals surface area contributed by atoms with E-state index in [9.17, 15) is 4.79 Å². The van der Waals surface area contributed by atoms with Crippen LogP contribution in [0.1, 0.15) is 25.3 Å². The second-order valence-electron chi connectivity index (χ2n) is 3.48. The normalized spacial score (nSPS) is 10.1. The van der Waals surface area contributed by atoms with Crippen LogP contribution in [0.15, 0.2) is 6.33 Å². The van der Waals surface area contributed by atoms with Crippen LogP contribution in [0.25, 0.3) is 0 Å². The number of nitrogen functional groups attached to an aromatic ring is 1. The largest absolute Gasteiger partial charge is 0.383 e. The second-order valence-corrected chi connectivity index (χ2v) is 3.48. The molecule has 6 nitrogen and oxygen atoms in total. The first-order valence-corrected chi connectivity index (χ1v) is 5.26. The minimum atomic E-state index is -0.341. The van der Waals surface area contributed by atoms with Crippen LogP contribution in [-0.2, 0) is 11.2 Å². The Morgan fingerprint density at radius 2 is 2.25 bits per heavy atom. The van der Waals surface area contributed by atoms with Gasteiger partial charge in [-0.2, -0.15) is 0 Å². The predicted octanol–water partition coefficient (Wildman–Crippen LogP) is 0.299. The zero-order chi connectivity index (χ0) is 12.0. The molecule has 1 rings (SSSR count). The highest BCUT2D eigenvalue weighted by molar-refractivity contribution is 5.74. The second kappa shape index (κ2) is 5.89. The van der Waals surface area contributed by atoms with Crippen molar-refractivity contribution >= 4 is 17.5 Å². The molecule has 5 N–H and O–H groups in total. The van der Waals surface area contributed by atoms with Gasteiger partial charge < -0.3 is 16.8 Å². The number of carbonyl (C=O) groups is 1. The number of rotatable bonds is 6. The van der Waals surface area contributed by atoms with Gasteiger partial charge in [0.15, 0.2) is 0 Å². The van der Waals surface area contributed by atoms with E-state index in [4.69, 9.17) is 11.5 Å². The first-order chi connectivity index (χ1) is 7.65. The number of aromatic nitrogens is 2. The lowest BCUT2D eigenvalue weighted by Gasteiger charge is -2.10. The van der Waals surface area contributed by atoms with Gasteiger partial charge in [-0.05, 0) is 6.42 Å². The van der Waals surface area contributed by atoms with Gasteiger partial charge in [0.1, 0.15) is 18.0 Å². The molecule has 0 fully saturated rings. The average molecular weight is 223 g/mol. The van der Waals surface area contributed by atoms with Gasteiger partial charge in [0.25, 0.3) is 0 Å². The number of nitrogens with zero attached hydrogens (tertiary/aromatic N) is 2. The van der Waals surface area contributed by atoms with E-state index < -0.39 is 0 Å². The van der Waals surface area contributed by atoms with E-state index in [0.717, 1.165) is 18.4 Å². The van der Waals surface area contributed by atoms with Crippen molar-refractivity contribution < 1.29 is 4.79 Å². The van der Waals surface area contributed by atoms with Gasteiger partial charge in [-0.3, -0.25) is 4.79 Å². The van der Waals surface area contributed by atoms with Crippen LogP contribution in [-0.4, -0.2) is 22.4 Å². The van der Waals surface area contributed by atoms with Crippen molar-refractivity contribution in [3.05, 3.63) is 11.9 Å². The molecule has 0 aliphatic carbocycles. The third kappa shape index (κ3) is 3.38. The van der Waals surface area contributed by atoms with Crippen LogP contribution >= 0.6 is 0 Å². The van der Waals surface area contributed by atoms with Gasteiger partial charge in [0.2, 0.25) is 5.91 Å². The molecule has 1 aromatic heterocycles. The van der Waals surface area contributed by atoms with E-state index in [0.29, 0.717) is 18.2 Å². The van der Waals surface area contributed by atoms with Crippen molar-refractivity contribution in [2.45, 2.75) is 26.2 Å². The molecule has 0 saturated heterocycles. The van der Waals surface area contributed by atoms with E-state index in [2.05, 4.69) is 22.2 Å². The maximum absolute atomic E-state index is 10.6. The van der Waals surface area contributed by atoms with E-state index in [1.54, 1.807) is 0 Å². The summed E-state index contributed by atoms with van der Waals surface area (Å²) < 4.78 is 0. The molecular weight excluding hydrogens is 206 g/mol. The van der Waals surface area contributed by atoms with Crippen LogP contribution in [0, 0.1) is 0 Å². The summed E-state index contributed by atoms with van der Waals surface area (Å²) >= 11 is 0. The highest BCUT2D eigenvalue weighted by Gasteiger charge is 2.07. The highest BCUT2D eigenvalue weighted by Crippen LogP contribution is 2.18. The average Bonchev–Trinajstić information content (AvgIpc) is 2.22. The Labute approximate surface area is 94.5 Å². The molecule has 1 aromatic rings. The minimum absolute atomic E-state index is 0.273. The van der Waals surface area contributed by atoms with Crippen LogP contribution in [0.2, 0.25) is 0 Å². The molecule has 1 amide bonds. The van der Waals surface area contributed by atoms with Gasteiger partial charge in [0.05, 0.1) is 0 Å². The molecule has 0 aromatic carbocycles. The number of hydrogen-bond donors (Lipinski definition) is 3. The number of nitrogens with one attached hydrogen (secondary N) is 1. The molecule has 1 heterocycles. The van der Waals surface area contributed by atoms with E-state index in [-0.39, 0.29) is 12.3 Å². The maximum atomic E-state index is 10.6. The number of primary amides is 1. The summed E-state index contributed by atoms with van der Waals surface area (Å²) in [6.45, 7) is 2.52. The van der Waals surface area contributed by atoms with Gasteiger partial charge in [0, 0.05) is 18.5 Å².